The Morgan fingerprint density at radius 3 is 0.903 bits per heavy atom. The molecule has 0 unspecified atom stereocenters. The molecule has 0 aliphatic rings. The van der Waals surface area contributed by atoms with Gasteiger partial charge in [-0.3, -0.25) is 0 Å². The molecule has 20 aromatic carbocycles. The largest absolute Gasteiger partial charge is 0.311 e. The Labute approximate surface area is 819 Å². The van der Waals surface area contributed by atoms with Gasteiger partial charge in [-0.1, -0.05) is 375 Å². The lowest BCUT2D eigenvalue weighted by atomic mass is 9.94. The van der Waals surface area contributed by atoms with E-state index in [4.69, 9.17) is 48.0 Å². The summed E-state index contributed by atoms with van der Waals surface area (Å²) in [4.78, 5) is 0.601. The number of hydrogen-bond acceptors (Lipinski definition) is 2. The van der Waals surface area contributed by atoms with Crippen LogP contribution in [0, 0.1) is 0 Å². The minimum atomic E-state index is -1.48. The summed E-state index contributed by atoms with van der Waals surface area (Å²) >= 11 is 0. The number of anilines is 6. The third-order valence-electron chi connectivity index (χ3n) is 19.1. The fraction of sp³-hybridized carbons (Fsp3) is 0. The molecule has 0 spiro atoms. The molecule has 0 aliphatic heterocycles. The minimum absolute atomic E-state index is 0.158. The fourth-order valence-corrected chi connectivity index (χ4v) is 13.4. The van der Waals surface area contributed by atoms with Crippen LogP contribution in [0.15, 0.2) is 508 Å². The van der Waals surface area contributed by atoms with Gasteiger partial charge in [0.2, 0.25) is 0 Å². The van der Waals surface area contributed by atoms with Crippen LogP contribution in [-0.4, -0.2) is 9.13 Å². The van der Waals surface area contributed by atoms with Crippen LogP contribution in [-0.2, 0) is 0 Å². The lowest BCUT2D eigenvalue weighted by molar-refractivity contribution is 1.18. The van der Waals surface area contributed by atoms with E-state index in [9.17, 15) is 45.2 Å². The third-order valence-corrected chi connectivity index (χ3v) is 19.1. The highest BCUT2D eigenvalue weighted by atomic mass is 15.1. The molecule has 584 valence electrons. The van der Waals surface area contributed by atoms with E-state index in [1.54, 1.807) is 18.2 Å². The number of nitrogens with zero attached hydrogens (tertiary/aromatic N) is 4. The molecule has 4 nitrogen and oxygen atoms in total. The number of hydrogen-bond donors (Lipinski definition) is 0. The Kier molecular flexibility index (Phi) is 8.71. The lowest BCUT2D eigenvalue weighted by Gasteiger charge is -2.26. The molecule has 0 saturated heterocycles. The highest BCUT2D eigenvalue weighted by Gasteiger charge is 2.21. The van der Waals surface area contributed by atoms with Crippen molar-refractivity contribution in [1.82, 2.24) is 9.13 Å². The summed E-state index contributed by atoms with van der Waals surface area (Å²) in [5.41, 5.74) is -20.5. The molecular formula is C120H84N4. The van der Waals surface area contributed by atoms with E-state index < -0.39 is 562 Å². The number of aromatic nitrogens is 2. The van der Waals surface area contributed by atoms with Crippen molar-refractivity contribution in [1.29, 1.82) is 0 Å². The molecule has 0 amide bonds. The maximum atomic E-state index is 9.91. The van der Waals surface area contributed by atoms with Crippen LogP contribution in [0.25, 0.3) is 166 Å². The maximum absolute atomic E-state index is 9.91. The van der Waals surface area contributed by atoms with Gasteiger partial charge in [0.15, 0.2) is 0 Å². The second kappa shape index (κ2) is 33.8. The molecule has 0 radical (unpaired) electrons. The summed E-state index contributed by atoms with van der Waals surface area (Å²) in [6.45, 7) is 0. The standard InChI is InChI=1S/2C60H42N2/c2*1-4-14-43(15-5-1)45-24-33-51(34-25-45)61(53-39-30-49(31-40-53)56-21-11-10-20-55(56)48-18-8-3-9-19-48)52-35-28-47(29-36-52)50-32-41-60-58(42-50)57-22-12-13-23-59(57)62(60)54-37-26-46(27-38-54)44-16-6-2-7-17-44/h2*1-42H/i1D,2D,3D,4D,5D,6D,7D,8D,9D,10D,11D,12D,13D,14D,15D,16D,17D,18D,19D,20D,21D,22D,23D,24D,25D,26D,27D,28D,29D,30D,31D,32D,33D,34D,35D,36D,37D,38D,39D,40D,41D,42D;1D,3D,4D,5D,8D,9D,10D,11D,14D,15D,18D,19D,20D,21D,24D,25D,28D,29D,30D,31D,33D,34D,35D,36D,39D,40D. The molecule has 0 fully saturated rings. The molecule has 0 bridgehead atoms. The number of benzene rings is 20. The van der Waals surface area contributed by atoms with E-state index in [1.165, 1.54) is 0 Å². The zero-order valence-electron chi connectivity index (χ0n) is 131. The molecular weight excluding hydrogens is 1500 g/mol. The Morgan fingerprint density at radius 1 is 0.161 bits per heavy atom. The highest BCUT2D eigenvalue weighted by molar-refractivity contribution is 6.12. The Morgan fingerprint density at radius 2 is 0.460 bits per heavy atom. The van der Waals surface area contributed by atoms with Crippen molar-refractivity contribution in [3.05, 3.63) is 508 Å². The second-order valence-electron chi connectivity index (χ2n) is 26.3. The van der Waals surface area contributed by atoms with E-state index in [0.29, 0.717) is 20.4 Å². The molecule has 4 heteroatoms. The molecule has 0 N–H and O–H groups in total. The summed E-state index contributed by atoms with van der Waals surface area (Å²) in [6.07, 6.45) is 0. The Hall–Kier alpha value is -16.4. The van der Waals surface area contributed by atoms with Crippen molar-refractivity contribution in [3.8, 4) is 123 Å². The van der Waals surface area contributed by atoms with Crippen molar-refractivity contribution in [2.75, 3.05) is 9.80 Å². The first kappa shape index (κ1) is 32.0. The van der Waals surface area contributed by atoms with Gasteiger partial charge in [-0.15, -0.1) is 0 Å². The second-order valence-corrected chi connectivity index (χ2v) is 26.3. The van der Waals surface area contributed by atoms with Gasteiger partial charge in [0.1, 0.15) is 0 Å². The van der Waals surface area contributed by atoms with Gasteiger partial charge in [0.25, 0.3) is 0 Å². The molecule has 124 heavy (non-hydrogen) atoms. The summed E-state index contributed by atoms with van der Waals surface area (Å²) in [7, 11) is 0. The summed E-state index contributed by atoms with van der Waals surface area (Å²) in [6, 6.07) is -44.8. The average Bonchev–Trinajstić information content (AvgIpc) is 1.51. The zero-order valence-corrected chi connectivity index (χ0v) is 63.0. The van der Waals surface area contributed by atoms with Crippen LogP contribution in [0.2, 0.25) is 0 Å². The van der Waals surface area contributed by atoms with E-state index in [1.807, 2.05) is 83.4 Å². The van der Waals surface area contributed by atoms with Crippen LogP contribution >= 0.6 is 0 Å². The first-order valence-electron chi connectivity index (χ1n) is 71.0. The van der Waals surface area contributed by atoms with Crippen LogP contribution < -0.4 is 9.80 Å². The van der Waals surface area contributed by atoms with Gasteiger partial charge in [-0.25, -0.2) is 0 Å². The topological polar surface area (TPSA) is 16.3 Å². The number of para-hydroxylation sites is 2. The van der Waals surface area contributed by atoms with Crippen molar-refractivity contribution >= 4 is 77.7 Å². The molecule has 22 aromatic rings. The lowest BCUT2D eigenvalue weighted by Crippen LogP contribution is -2.09. The SMILES string of the molecule is [2H]c1c([2H])c([2H])c(-c2c([2H])c([2H])c(N(c3c([2H])c([2H])c(-c4c([2H])c([2H])c([2H])c([2H])c4-c4c([2H])c([2H])c([2H])c([2H])c4[2H])c([2H])c3[2H])c3c([2H])c([2H])c(-c4c([2H])c([2H])c5c(c4[2H])c4c([2H])c([2H])c([2H])c([2H])c4n5-c4c([2H])c([2H])c(-c5c([2H])c([2H])c([2H])c([2H])c5[2H])c([2H])c4[2H])c([2H])c3[2H])c([2H])c2[2H])c([2H])c1[2H].[2H]c1c([2H])c([2H])c(-c2c([2H])c([2H])c(N(c3c([2H])c([2H])c(-c4ccc5c(c4)c4ccccc4n5-c4ccc(-c5ccccc5)cc4)c([2H])c3[2H])c3c([2H])c([2H])c(-c4c([2H])c([2H])c([2H])c([2H])c4-c4c([2H])c([2H])c([2H])c([2H])c4[2H])c([2H])c3[2H])c([2H])c2[2H])c([2H])c1[2H]. The monoisotopic (exact) mass is 1650 g/mol. The quantitative estimate of drug-likeness (QED) is 0.0851. The van der Waals surface area contributed by atoms with Gasteiger partial charge in [-0.05, 0) is 244 Å². The molecule has 2 aromatic heterocycles. The van der Waals surface area contributed by atoms with Crippen molar-refractivity contribution in [2.45, 2.75) is 0 Å². The van der Waals surface area contributed by atoms with E-state index in [0.717, 1.165) is 27.7 Å². The van der Waals surface area contributed by atoms with E-state index >= 15 is 0 Å². The van der Waals surface area contributed by atoms with Gasteiger partial charge in [0, 0.05) is 67.0 Å². The molecule has 0 atom stereocenters. The fourth-order valence-electron chi connectivity index (χ4n) is 13.4. The Bertz CT molecular complexity index is 11700. The number of rotatable bonds is 18. The van der Waals surface area contributed by atoms with Gasteiger partial charge >= 0.3 is 0 Å². The van der Waals surface area contributed by atoms with Crippen molar-refractivity contribution < 1.29 is 93.2 Å². The predicted octanol–water partition coefficient (Wildman–Crippen LogP) is 33.2. The van der Waals surface area contributed by atoms with Crippen LogP contribution in [0.1, 0.15) is 93.2 Å². The Balaban J connectivity index is 0.000000216. The molecule has 0 saturated carbocycles. The zero-order chi connectivity index (χ0) is 142. The van der Waals surface area contributed by atoms with Crippen molar-refractivity contribution in [2.24, 2.45) is 0 Å². The van der Waals surface area contributed by atoms with Crippen LogP contribution in [0.3, 0.4) is 0 Å². The van der Waals surface area contributed by atoms with Gasteiger partial charge in [0.05, 0.1) is 115 Å². The van der Waals surface area contributed by atoms with Crippen molar-refractivity contribution in [3.63, 3.8) is 0 Å². The normalized spacial score (nSPS) is 18.9. The smallest absolute Gasteiger partial charge is 0.0645 e. The highest BCUT2D eigenvalue weighted by Crippen LogP contribution is 2.45. The summed E-state index contributed by atoms with van der Waals surface area (Å²) in [5, 5.41) is -0.198. The molecule has 0 aliphatic carbocycles. The number of fused-ring (bicyclic) bond motifs is 6. The van der Waals surface area contributed by atoms with Crippen LogP contribution in [0.4, 0.5) is 34.1 Å². The average molecular weight is 1650 g/mol. The predicted molar refractivity (Wildman–Crippen MR) is 525 cm³/mol. The van der Waals surface area contributed by atoms with E-state index in [2.05, 4.69) is 0 Å². The minimum Gasteiger partial charge on any atom is -0.311 e. The summed E-state index contributed by atoms with van der Waals surface area (Å²) in [5.74, 6) is 0. The first-order valence-corrected chi connectivity index (χ1v) is 37.0. The molecule has 2 heterocycles. The molecule has 22 rings (SSSR count). The van der Waals surface area contributed by atoms with E-state index in [-0.39, 0.29) is 16.0 Å². The third kappa shape index (κ3) is 15.0. The van der Waals surface area contributed by atoms with Gasteiger partial charge < -0.3 is 18.9 Å². The maximum Gasteiger partial charge on any atom is 0.0645 e. The van der Waals surface area contributed by atoms with Gasteiger partial charge in [-0.2, -0.15) is 0 Å². The van der Waals surface area contributed by atoms with Crippen LogP contribution in [0.5, 0.6) is 0 Å². The summed E-state index contributed by atoms with van der Waals surface area (Å²) < 4.78 is 618. The first-order chi connectivity index (χ1) is 89.8.